The minimum atomic E-state index is 0.634. The first-order valence-corrected chi connectivity index (χ1v) is 3.70. The van der Waals surface area contributed by atoms with Crippen LogP contribution in [0.4, 0.5) is 5.69 Å². The van der Waals surface area contributed by atoms with Gasteiger partial charge in [0.1, 0.15) is 0 Å². The molecule has 1 aromatic heterocycles. The van der Waals surface area contributed by atoms with Gasteiger partial charge in [0.2, 0.25) is 0 Å². The quantitative estimate of drug-likeness (QED) is 0.656. The highest BCUT2D eigenvalue weighted by atomic mass is 16.5. The van der Waals surface area contributed by atoms with Gasteiger partial charge in [-0.05, 0) is 0 Å². The molecule has 0 bridgehead atoms. The smallest absolute Gasteiger partial charge is 0.0719 e. The first-order valence-electron chi connectivity index (χ1n) is 3.70. The van der Waals surface area contributed by atoms with Crippen molar-refractivity contribution in [3.05, 3.63) is 12.4 Å². The van der Waals surface area contributed by atoms with Crippen molar-refractivity contribution in [3.63, 3.8) is 0 Å². The lowest BCUT2D eigenvalue weighted by molar-refractivity contribution is -0.0408. The van der Waals surface area contributed by atoms with Crippen LogP contribution in [0.5, 0.6) is 0 Å². The Morgan fingerprint density at radius 3 is 3.00 bits per heavy atom. The van der Waals surface area contributed by atoms with Gasteiger partial charge in [0.05, 0.1) is 25.1 Å². The van der Waals surface area contributed by atoms with E-state index in [-0.39, 0.29) is 0 Å². The number of ether oxygens (including phenoxy) is 1. The van der Waals surface area contributed by atoms with Crippen LogP contribution in [0.25, 0.3) is 0 Å². The van der Waals surface area contributed by atoms with E-state index in [1.165, 1.54) is 0 Å². The Balaban J connectivity index is 1.95. The molecule has 1 aliphatic heterocycles. The molecule has 2 heterocycles. The largest absolute Gasteiger partial charge is 0.396 e. The summed E-state index contributed by atoms with van der Waals surface area (Å²) >= 11 is 0. The van der Waals surface area contributed by atoms with Crippen molar-refractivity contribution in [2.75, 3.05) is 18.9 Å². The molecule has 1 saturated heterocycles. The summed E-state index contributed by atoms with van der Waals surface area (Å²) in [5, 5.41) is 4.07. The van der Waals surface area contributed by atoms with Gasteiger partial charge in [0, 0.05) is 18.7 Å². The van der Waals surface area contributed by atoms with Crippen LogP contribution in [0.2, 0.25) is 0 Å². The Morgan fingerprint density at radius 2 is 2.55 bits per heavy atom. The molecular weight excluding hydrogens is 142 g/mol. The zero-order chi connectivity index (χ0) is 7.68. The molecule has 4 nitrogen and oxygen atoms in total. The second-order valence-electron chi connectivity index (χ2n) is 2.90. The van der Waals surface area contributed by atoms with E-state index in [1.54, 1.807) is 6.20 Å². The molecular formula is C7H11N3O. The van der Waals surface area contributed by atoms with E-state index in [1.807, 2.05) is 10.9 Å². The number of hydrogen-bond donors (Lipinski definition) is 1. The van der Waals surface area contributed by atoms with Crippen LogP contribution in [-0.2, 0) is 11.3 Å². The minimum absolute atomic E-state index is 0.634. The Kier molecular flexibility index (Phi) is 1.54. The highest BCUT2D eigenvalue weighted by Gasteiger charge is 2.18. The monoisotopic (exact) mass is 153 g/mol. The van der Waals surface area contributed by atoms with Gasteiger partial charge in [0.25, 0.3) is 0 Å². The number of rotatable bonds is 2. The maximum atomic E-state index is 5.50. The SMILES string of the molecule is Nc1cnn(CC2COC2)c1. The lowest BCUT2D eigenvalue weighted by Gasteiger charge is -2.25. The average molecular weight is 153 g/mol. The van der Waals surface area contributed by atoms with Gasteiger partial charge in [0.15, 0.2) is 0 Å². The minimum Gasteiger partial charge on any atom is -0.396 e. The summed E-state index contributed by atoms with van der Waals surface area (Å²) in [6, 6.07) is 0. The maximum Gasteiger partial charge on any atom is 0.0719 e. The summed E-state index contributed by atoms with van der Waals surface area (Å²) in [5.74, 6) is 0.634. The normalized spacial score (nSPS) is 18.2. The van der Waals surface area contributed by atoms with Crippen LogP contribution in [-0.4, -0.2) is 23.0 Å². The molecule has 11 heavy (non-hydrogen) atoms. The number of anilines is 1. The number of nitrogens with zero attached hydrogens (tertiary/aromatic N) is 2. The van der Waals surface area contributed by atoms with Crippen molar-refractivity contribution in [3.8, 4) is 0 Å². The molecule has 2 N–H and O–H groups in total. The summed E-state index contributed by atoms with van der Waals surface area (Å²) in [6.45, 7) is 2.65. The number of nitrogens with two attached hydrogens (primary N) is 1. The van der Waals surface area contributed by atoms with E-state index in [0.29, 0.717) is 5.92 Å². The molecule has 0 spiro atoms. The van der Waals surface area contributed by atoms with E-state index in [2.05, 4.69) is 5.10 Å². The van der Waals surface area contributed by atoms with E-state index in [9.17, 15) is 0 Å². The topological polar surface area (TPSA) is 53.1 Å². The molecule has 4 heteroatoms. The third kappa shape index (κ3) is 1.35. The Morgan fingerprint density at radius 1 is 1.73 bits per heavy atom. The van der Waals surface area contributed by atoms with Crippen molar-refractivity contribution >= 4 is 5.69 Å². The molecule has 0 saturated carbocycles. The van der Waals surface area contributed by atoms with Crippen LogP contribution in [0, 0.1) is 5.92 Å². The van der Waals surface area contributed by atoms with E-state index in [4.69, 9.17) is 10.5 Å². The Bertz CT molecular complexity index is 242. The lowest BCUT2D eigenvalue weighted by Crippen LogP contribution is -2.31. The van der Waals surface area contributed by atoms with Crippen molar-refractivity contribution in [2.24, 2.45) is 5.92 Å². The third-order valence-electron chi connectivity index (χ3n) is 1.81. The Labute approximate surface area is 64.9 Å². The van der Waals surface area contributed by atoms with Crippen molar-refractivity contribution in [1.29, 1.82) is 0 Å². The zero-order valence-corrected chi connectivity index (χ0v) is 6.23. The van der Waals surface area contributed by atoms with Crippen LogP contribution in [0.1, 0.15) is 0 Å². The van der Waals surface area contributed by atoms with Crippen LogP contribution in [0.3, 0.4) is 0 Å². The molecule has 0 aliphatic carbocycles. The predicted octanol–water partition coefficient (Wildman–Crippen LogP) is 0.112. The summed E-state index contributed by atoms with van der Waals surface area (Å²) in [5.41, 5.74) is 6.23. The van der Waals surface area contributed by atoms with Crippen LogP contribution in [0.15, 0.2) is 12.4 Å². The molecule has 0 atom stereocenters. The number of hydrogen-bond acceptors (Lipinski definition) is 3. The number of aromatic nitrogens is 2. The fraction of sp³-hybridized carbons (Fsp3) is 0.571. The van der Waals surface area contributed by atoms with E-state index in [0.717, 1.165) is 25.4 Å². The van der Waals surface area contributed by atoms with E-state index >= 15 is 0 Å². The molecule has 1 aliphatic rings. The van der Waals surface area contributed by atoms with Gasteiger partial charge in [-0.25, -0.2) is 0 Å². The standard InChI is InChI=1S/C7H11N3O/c8-7-1-9-10(3-7)2-6-4-11-5-6/h1,3,6H,2,4-5,8H2. The highest BCUT2D eigenvalue weighted by Crippen LogP contribution is 2.12. The first-order chi connectivity index (χ1) is 5.34. The van der Waals surface area contributed by atoms with Crippen LogP contribution < -0.4 is 5.73 Å². The molecule has 0 aromatic carbocycles. The summed E-state index contributed by atoms with van der Waals surface area (Å²) < 4.78 is 6.91. The van der Waals surface area contributed by atoms with Gasteiger partial charge in [-0.15, -0.1) is 0 Å². The average Bonchev–Trinajstić information content (AvgIpc) is 2.27. The van der Waals surface area contributed by atoms with Gasteiger partial charge in [-0.2, -0.15) is 5.10 Å². The van der Waals surface area contributed by atoms with E-state index < -0.39 is 0 Å². The van der Waals surface area contributed by atoms with Crippen molar-refractivity contribution < 1.29 is 4.74 Å². The van der Waals surface area contributed by atoms with Gasteiger partial charge >= 0.3 is 0 Å². The second kappa shape index (κ2) is 2.54. The maximum absolute atomic E-state index is 5.50. The molecule has 2 rings (SSSR count). The summed E-state index contributed by atoms with van der Waals surface area (Å²) in [7, 11) is 0. The fourth-order valence-corrected chi connectivity index (χ4v) is 1.13. The van der Waals surface area contributed by atoms with Crippen molar-refractivity contribution in [1.82, 2.24) is 9.78 Å². The van der Waals surface area contributed by atoms with Gasteiger partial charge in [-0.3, -0.25) is 4.68 Å². The third-order valence-corrected chi connectivity index (χ3v) is 1.81. The molecule has 1 fully saturated rings. The highest BCUT2D eigenvalue weighted by molar-refractivity contribution is 5.30. The molecule has 0 radical (unpaired) electrons. The van der Waals surface area contributed by atoms with Gasteiger partial charge in [-0.1, -0.05) is 0 Å². The van der Waals surface area contributed by atoms with Crippen LogP contribution >= 0.6 is 0 Å². The molecule has 0 amide bonds. The summed E-state index contributed by atoms with van der Waals surface area (Å²) in [4.78, 5) is 0. The van der Waals surface area contributed by atoms with Gasteiger partial charge < -0.3 is 10.5 Å². The zero-order valence-electron chi connectivity index (χ0n) is 6.23. The fourth-order valence-electron chi connectivity index (χ4n) is 1.13. The molecule has 1 aromatic rings. The summed E-state index contributed by atoms with van der Waals surface area (Å²) in [6.07, 6.45) is 3.51. The lowest BCUT2D eigenvalue weighted by atomic mass is 10.1. The molecule has 0 unspecified atom stereocenters. The first kappa shape index (κ1) is 6.67. The second-order valence-corrected chi connectivity index (χ2v) is 2.90. The predicted molar refractivity (Wildman–Crippen MR) is 40.9 cm³/mol. The molecule has 60 valence electrons. The Hall–Kier alpha value is -1.03. The number of nitrogen functional groups attached to an aromatic ring is 1. The van der Waals surface area contributed by atoms with Crippen molar-refractivity contribution in [2.45, 2.75) is 6.54 Å².